The van der Waals surface area contributed by atoms with Crippen molar-refractivity contribution in [2.24, 2.45) is 0 Å². The fraction of sp³-hybridized carbons (Fsp3) is 0.250. The number of hydrogen-bond donors (Lipinski definition) is 1. The smallest absolute Gasteiger partial charge is 0.293 e. The molecule has 0 aliphatic rings. The number of aromatic nitrogens is 1. The first kappa shape index (κ1) is 14.7. The number of nitrogens with zero attached hydrogens (tertiary/aromatic N) is 1. The average molecular weight is 334 g/mol. The van der Waals surface area contributed by atoms with E-state index in [1.165, 1.54) is 5.56 Å². The summed E-state index contributed by atoms with van der Waals surface area (Å²) in [6.45, 7) is 5.98. The van der Waals surface area contributed by atoms with Crippen LogP contribution in [0.3, 0.4) is 0 Å². The Morgan fingerprint density at radius 2 is 1.85 bits per heavy atom. The normalized spacial score (nSPS) is 12.0. The summed E-state index contributed by atoms with van der Waals surface area (Å²) >= 11 is 3.38. The zero-order valence-corrected chi connectivity index (χ0v) is 13.4. The lowest BCUT2D eigenvalue weighted by Gasteiger charge is -2.11. The molecule has 1 aromatic carbocycles. The molecule has 0 spiro atoms. The minimum Gasteiger partial charge on any atom is -0.320 e. The molecule has 0 unspecified atom stereocenters. The van der Waals surface area contributed by atoms with Gasteiger partial charge in [-0.25, -0.2) is 0 Å². The van der Waals surface area contributed by atoms with Gasteiger partial charge in [0.25, 0.3) is 5.91 Å². The molecule has 104 valence electrons. The van der Waals surface area contributed by atoms with Crippen LogP contribution in [0.2, 0.25) is 0 Å². The summed E-state index contributed by atoms with van der Waals surface area (Å²) in [5, 5.41) is 2.93. The molecule has 0 bridgehead atoms. The van der Waals surface area contributed by atoms with Crippen LogP contribution in [0, 0.1) is 13.8 Å². The van der Waals surface area contributed by atoms with Gasteiger partial charge in [0.2, 0.25) is 6.04 Å². The molecular weight excluding hydrogens is 316 g/mol. The van der Waals surface area contributed by atoms with Crippen molar-refractivity contribution in [1.82, 2.24) is 0 Å². The number of benzene rings is 1. The molecule has 1 atom stereocenters. The molecule has 20 heavy (non-hydrogen) atoms. The van der Waals surface area contributed by atoms with E-state index < -0.39 is 0 Å². The monoisotopic (exact) mass is 333 g/mol. The first-order valence-electron chi connectivity index (χ1n) is 6.53. The molecule has 0 fully saturated rings. The van der Waals surface area contributed by atoms with E-state index in [1.807, 2.05) is 67.9 Å². The second-order valence-electron chi connectivity index (χ2n) is 4.86. The largest absolute Gasteiger partial charge is 0.320 e. The number of nitrogens with one attached hydrogen (secondary N) is 1. The quantitative estimate of drug-likeness (QED) is 0.856. The molecule has 0 radical (unpaired) electrons. The van der Waals surface area contributed by atoms with E-state index >= 15 is 0 Å². The van der Waals surface area contributed by atoms with Crippen LogP contribution in [0.15, 0.2) is 47.1 Å². The van der Waals surface area contributed by atoms with Crippen LogP contribution in [0.1, 0.15) is 24.2 Å². The molecule has 1 heterocycles. The van der Waals surface area contributed by atoms with Gasteiger partial charge in [0.15, 0.2) is 11.9 Å². The molecule has 0 saturated carbocycles. The molecule has 0 aliphatic heterocycles. The first-order valence-corrected chi connectivity index (χ1v) is 7.32. The average Bonchev–Trinajstić information content (AvgIpc) is 2.43. The van der Waals surface area contributed by atoms with Gasteiger partial charge in [-0.3, -0.25) is 4.79 Å². The third-order valence-electron chi connectivity index (χ3n) is 3.46. The zero-order valence-electron chi connectivity index (χ0n) is 11.9. The second kappa shape index (κ2) is 6.18. The first-order chi connectivity index (χ1) is 9.49. The molecule has 0 saturated heterocycles. The van der Waals surface area contributed by atoms with E-state index in [-0.39, 0.29) is 11.9 Å². The topological polar surface area (TPSA) is 33.0 Å². The summed E-state index contributed by atoms with van der Waals surface area (Å²) in [4.78, 5) is 12.3. The summed E-state index contributed by atoms with van der Waals surface area (Å²) in [6.07, 6.45) is 1.94. The molecule has 0 aliphatic carbocycles. The Balaban J connectivity index is 2.16. The van der Waals surface area contributed by atoms with E-state index in [1.54, 1.807) is 0 Å². The number of rotatable bonds is 3. The molecule has 4 heteroatoms. The second-order valence-corrected chi connectivity index (χ2v) is 5.77. The fourth-order valence-corrected chi connectivity index (χ4v) is 2.31. The Labute approximate surface area is 127 Å². The third-order valence-corrected chi connectivity index (χ3v) is 3.99. The minimum atomic E-state index is -0.251. The van der Waals surface area contributed by atoms with Crippen molar-refractivity contribution >= 4 is 27.5 Å². The molecular formula is C16H18BrN2O+. The lowest BCUT2D eigenvalue weighted by atomic mass is 10.2. The number of amides is 1. The van der Waals surface area contributed by atoms with Gasteiger partial charge < -0.3 is 5.32 Å². The van der Waals surface area contributed by atoms with Crippen molar-refractivity contribution in [2.45, 2.75) is 26.8 Å². The van der Waals surface area contributed by atoms with Crippen LogP contribution in [0.25, 0.3) is 0 Å². The Bertz CT molecular complexity index is 623. The maximum absolute atomic E-state index is 12.3. The van der Waals surface area contributed by atoms with E-state index in [2.05, 4.69) is 21.2 Å². The minimum absolute atomic E-state index is 0.0222. The highest BCUT2D eigenvalue weighted by molar-refractivity contribution is 9.10. The highest BCUT2D eigenvalue weighted by Crippen LogP contribution is 2.15. The molecule has 1 aromatic heterocycles. The summed E-state index contributed by atoms with van der Waals surface area (Å²) in [6, 6.07) is 11.3. The third kappa shape index (κ3) is 3.25. The van der Waals surface area contributed by atoms with Crippen LogP contribution < -0.4 is 9.88 Å². The molecule has 1 amide bonds. The highest BCUT2D eigenvalue weighted by Gasteiger charge is 2.24. The summed E-state index contributed by atoms with van der Waals surface area (Å²) in [7, 11) is 0. The zero-order chi connectivity index (χ0) is 14.7. The Morgan fingerprint density at radius 3 is 2.50 bits per heavy atom. The van der Waals surface area contributed by atoms with Crippen LogP contribution in [0.5, 0.6) is 0 Å². The predicted molar refractivity (Wildman–Crippen MR) is 83.6 cm³/mol. The van der Waals surface area contributed by atoms with Crippen LogP contribution >= 0.6 is 15.9 Å². The molecule has 1 N–H and O–H groups in total. The Hall–Kier alpha value is -1.68. The number of carbonyl (C=O) groups excluding carboxylic acids is 1. The van der Waals surface area contributed by atoms with Gasteiger partial charge in [-0.2, -0.15) is 4.57 Å². The molecule has 3 nitrogen and oxygen atoms in total. The molecule has 2 aromatic rings. The van der Waals surface area contributed by atoms with Gasteiger partial charge in [-0.15, -0.1) is 0 Å². The van der Waals surface area contributed by atoms with Crippen molar-refractivity contribution in [3.8, 4) is 0 Å². The fourth-order valence-electron chi connectivity index (χ4n) is 2.04. The standard InChI is InChI=1S/C16H17BrN2O/c1-11-5-4-10-19(12(11)2)13(3)16(20)18-15-8-6-14(17)7-9-15/h4-10,13H,1-3H3/p+1/t13-/m0/s1. The number of anilines is 1. The Morgan fingerprint density at radius 1 is 1.20 bits per heavy atom. The van der Waals surface area contributed by atoms with Crippen LogP contribution in [0.4, 0.5) is 5.69 Å². The van der Waals surface area contributed by atoms with Crippen LogP contribution in [-0.2, 0) is 4.79 Å². The lowest BCUT2D eigenvalue weighted by molar-refractivity contribution is -0.711. The number of hydrogen-bond acceptors (Lipinski definition) is 1. The number of carbonyl (C=O) groups is 1. The SMILES string of the molecule is Cc1ccc[n+]([C@@H](C)C(=O)Nc2ccc(Br)cc2)c1C. The van der Waals surface area contributed by atoms with Crippen molar-refractivity contribution in [3.63, 3.8) is 0 Å². The van der Waals surface area contributed by atoms with Crippen molar-refractivity contribution < 1.29 is 9.36 Å². The number of aryl methyl sites for hydroxylation is 1. The van der Waals surface area contributed by atoms with Gasteiger partial charge in [0.05, 0.1) is 0 Å². The van der Waals surface area contributed by atoms with Crippen molar-refractivity contribution in [3.05, 3.63) is 58.3 Å². The summed E-state index contributed by atoms with van der Waals surface area (Å²) < 4.78 is 2.98. The lowest BCUT2D eigenvalue weighted by Crippen LogP contribution is -2.47. The summed E-state index contributed by atoms with van der Waals surface area (Å²) in [5.74, 6) is -0.0222. The van der Waals surface area contributed by atoms with Gasteiger partial charge in [-0.1, -0.05) is 15.9 Å². The Kier molecular flexibility index (Phi) is 4.55. The van der Waals surface area contributed by atoms with Gasteiger partial charge in [0, 0.05) is 35.6 Å². The predicted octanol–water partition coefficient (Wildman–Crippen LogP) is 3.55. The number of halogens is 1. The van der Waals surface area contributed by atoms with Gasteiger partial charge >= 0.3 is 0 Å². The highest BCUT2D eigenvalue weighted by atomic mass is 79.9. The summed E-state index contributed by atoms with van der Waals surface area (Å²) in [5.41, 5.74) is 3.08. The van der Waals surface area contributed by atoms with Gasteiger partial charge in [-0.05, 0) is 37.3 Å². The van der Waals surface area contributed by atoms with Crippen molar-refractivity contribution in [2.75, 3.05) is 5.32 Å². The van der Waals surface area contributed by atoms with E-state index in [9.17, 15) is 4.79 Å². The maximum atomic E-state index is 12.3. The van der Waals surface area contributed by atoms with E-state index in [4.69, 9.17) is 0 Å². The number of pyridine rings is 1. The molecule has 2 rings (SSSR count). The van der Waals surface area contributed by atoms with E-state index in [0.717, 1.165) is 15.9 Å². The van der Waals surface area contributed by atoms with E-state index in [0.29, 0.717) is 0 Å². The van der Waals surface area contributed by atoms with Crippen molar-refractivity contribution in [1.29, 1.82) is 0 Å². The maximum Gasteiger partial charge on any atom is 0.293 e. The van der Waals surface area contributed by atoms with Crippen LogP contribution in [-0.4, -0.2) is 5.91 Å². The van der Waals surface area contributed by atoms with Gasteiger partial charge in [0.1, 0.15) is 0 Å².